The van der Waals surface area contributed by atoms with E-state index < -0.39 is 5.82 Å². The number of carbonyl (C=O) groups is 1. The van der Waals surface area contributed by atoms with Gasteiger partial charge in [0.25, 0.3) is 0 Å². The number of benzene rings is 2. The topological polar surface area (TPSA) is 26.3 Å². The van der Waals surface area contributed by atoms with Crippen molar-refractivity contribution in [2.75, 3.05) is 7.11 Å². The van der Waals surface area contributed by atoms with Crippen molar-refractivity contribution in [3.05, 3.63) is 63.9 Å². The standard InChI is InChI=1S/C15H12BrFO2/c1-19-14-4-2-3-12(15(14)17)13(18)9-10-5-7-11(16)8-6-10/h2-8H,9H2,1H3. The Morgan fingerprint density at radius 3 is 2.53 bits per heavy atom. The number of ketones is 1. The van der Waals surface area contributed by atoms with Crippen LogP contribution in [0.3, 0.4) is 0 Å². The third kappa shape index (κ3) is 3.20. The minimum Gasteiger partial charge on any atom is -0.494 e. The average Bonchev–Trinajstić information content (AvgIpc) is 2.41. The van der Waals surface area contributed by atoms with E-state index in [9.17, 15) is 9.18 Å². The molecule has 0 amide bonds. The average molecular weight is 323 g/mol. The smallest absolute Gasteiger partial charge is 0.175 e. The number of rotatable bonds is 4. The summed E-state index contributed by atoms with van der Waals surface area (Å²) < 4.78 is 19.7. The summed E-state index contributed by atoms with van der Waals surface area (Å²) in [7, 11) is 1.38. The first-order valence-electron chi connectivity index (χ1n) is 5.72. The van der Waals surface area contributed by atoms with E-state index in [2.05, 4.69) is 15.9 Å². The van der Waals surface area contributed by atoms with Gasteiger partial charge in [-0.25, -0.2) is 4.39 Å². The fraction of sp³-hybridized carbons (Fsp3) is 0.133. The van der Waals surface area contributed by atoms with Gasteiger partial charge in [-0.3, -0.25) is 4.79 Å². The van der Waals surface area contributed by atoms with Gasteiger partial charge in [0.15, 0.2) is 17.3 Å². The zero-order valence-corrected chi connectivity index (χ0v) is 11.9. The highest BCUT2D eigenvalue weighted by atomic mass is 79.9. The molecule has 0 saturated heterocycles. The van der Waals surface area contributed by atoms with Gasteiger partial charge in [-0.05, 0) is 29.8 Å². The summed E-state index contributed by atoms with van der Waals surface area (Å²) >= 11 is 3.33. The number of halogens is 2. The number of hydrogen-bond acceptors (Lipinski definition) is 2. The Kier molecular flexibility index (Phi) is 4.32. The van der Waals surface area contributed by atoms with Crippen molar-refractivity contribution in [1.29, 1.82) is 0 Å². The Hall–Kier alpha value is -1.68. The van der Waals surface area contributed by atoms with Crippen LogP contribution in [0.4, 0.5) is 4.39 Å². The highest BCUT2D eigenvalue weighted by Gasteiger charge is 2.15. The molecule has 0 aliphatic carbocycles. The Morgan fingerprint density at radius 2 is 1.89 bits per heavy atom. The van der Waals surface area contributed by atoms with Crippen LogP contribution in [0.15, 0.2) is 46.9 Å². The molecule has 0 bridgehead atoms. The number of Topliss-reactive ketones (excluding diaryl/α,β-unsaturated/α-hetero) is 1. The fourth-order valence-corrected chi connectivity index (χ4v) is 2.03. The molecule has 4 heteroatoms. The van der Waals surface area contributed by atoms with Crippen LogP contribution in [0.2, 0.25) is 0 Å². The molecule has 0 unspecified atom stereocenters. The molecule has 0 radical (unpaired) electrons. The zero-order valence-electron chi connectivity index (χ0n) is 10.3. The molecule has 0 aliphatic rings. The maximum Gasteiger partial charge on any atom is 0.175 e. The van der Waals surface area contributed by atoms with Crippen LogP contribution >= 0.6 is 15.9 Å². The number of hydrogen-bond donors (Lipinski definition) is 0. The molecular formula is C15H12BrFO2. The van der Waals surface area contributed by atoms with E-state index in [0.717, 1.165) is 10.0 Å². The summed E-state index contributed by atoms with van der Waals surface area (Å²) in [5.41, 5.74) is 0.901. The van der Waals surface area contributed by atoms with E-state index in [0.29, 0.717) is 0 Å². The molecule has 0 aliphatic heterocycles. The number of methoxy groups -OCH3 is 1. The first-order chi connectivity index (χ1) is 9.11. The predicted molar refractivity (Wildman–Crippen MR) is 75.1 cm³/mol. The van der Waals surface area contributed by atoms with Gasteiger partial charge in [0.1, 0.15) is 0 Å². The second-order valence-corrected chi connectivity index (χ2v) is 4.96. The molecule has 2 aromatic carbocycles. The third-order valence-corrected chi connectivity index (χ3v) is 3.29. The molecular weight excluding hydrogens is 311 g/mol. The first kappa shape index (κ1) is 13.7. The molecule has 0 atom stereocenters. The second-order valence-electron chi connectivity index (χ2n) is 4.05. The van der Waals surface area contributed by atoms with Gasteiger partial charge in [0, 0.05) is 10.9 Å². The largest absolute Gasteiger partial charge is 0.494 e. The molecule has 0 aromatic heterocycles. The fourth-order valence-electron chi connectivity index (χ4n) is 1.77. The van der Waals surface area contributed by atoms with Crippen LogP contribution in [0.1, 0.15) is 15.9 Å². The number of carbonyl (C=O) groups excluding carboxylic acids is 1. The third-order valence-electron chi connectivity index (χ3n) is 2.76. The Balaban J connectivity index is 2.23. The van der Waals surface area contributed by atoms with E-state index in [1.807, 2.05) is 24.3 Å². The van der Waals surface area contributed by atoms with Crippen LogP contribution in [0.5, 0.6) is 5.75 Å². The molecule has 19 heavy (non-hydrogen) atoms. The van der Waals surface area contributed by atoms with Crippen molar-refractivity contribution in [1.82, 2.24) is 0 Å². The van der Waals surface area contributed by atoms with Crippen LogP contribution in [-0.2, 0) is 6.42 Å². The molecule has 98 valence electrons. The molecule has 0 saturated carbocycles. The maximum absolute atomic E-state index is 13.9. The maximum atomic E-state index is 13.9. The molecule has 0 N–H and O–H groups in total. The van der Waals surface area contributed by atoms with Crippen LogP contribution in [0.25, 0.3) is 0 Å². The van der Waals surface area contributed by atoms with Gasteiger partial charge in [0.05, 0.1) is 12.7 Å². The lowest BCUT2D eigenvalue weighted by atomic mass is 10.0. The van der Waals surface area contributed by atoms with Gasteiger partial charge in [-0.2, -0.15) is 0 Å². The van der Waals surface area contributed by atoms with E-state index in [1.54, 1.807) is 6.07 Å². The summed E-state index contributed by atoms with van der Waals surface area (Å²) in [4.78, 5) is 12.1. The lowest BCUT2D eigenvalue weighted by Gasteiger charge is -2.06. The summed E-state index contributed by atoms with van der Waals surface area (Å²) in [6, 6.07) is 11.9. The van der Waals surface area contributed by atoms with Crippen molar-refractivity contribution in [2.24, 2.45) is 0 Å². The van der Waals surface area contributed by atoms with Gasteiger partial charge < -0.3 is 4.74 Å². The zero-order chi connectivity index (χ0) is 13.8. The van der Waals surface area contributed by atoms with E-state index in [4.69, 9.17) is 4.74 Å². The van der Waals surface area contributed by atoms with E-state index in [1.165, 1.54) is 19.2 Å². The molecule has 2 aromatic rings. The van der Waals surface area contributed by atoms with Crippen molar-refractivity contribution >= 4 is 21.7 Å². The monoisotopic (exact) mass is 322 g/mol. The van der Waals surface area contributed by atoms with Gasteiger partial charge in [-0.1, -0.05) is 34.1 Å². The minimum atomic E-state index is -0.605. The SMILES string of the molecule is COc1cccc(C(=O)Cc2ccc(Br)cc2)c1F. The Morgan fingerprint density at radius 1 is 1.21 bits per heavy atom. The van der Waals surface area contributed by atoms with E-state index in [-0.39, 0.29) is 23.5 Å². The molecule has 2 rings (SSSR count). The predicted octanol–water partition coefficient (Wildman–Crippen LogP) is 4.02. The van der Waals surface area contributed by atoms with Crippen LogP contribution in [-0.4, -0.2) is 12.9 Å². The molecule has 0 heterocycles. The lowest BCUT2D eigenvalue weighted by molar-refractivity contribution is 0.0988. The van der Waals surface area contributed by atoms with Gasteiger partial charge in [-0.15, -0.1) is 0 Å². The van der Waals surface area contributed by atoms with Crippen molar-refractivity contribution in [3.8, 4) is 5.75 Å². The van der Waals surface area contributed by atoms with Crippen LogP contribution in [0, 0.1) is 5.82 Å². The number of ether oxygens (including phenoxy) is 1. The summed E-state index contributed by atoms with van der Waals surface area (Å²) in [5, 5.41) is 0. The van der Waals surface area contributed by atoms with Crippen molar-refractivity contribution < 1.29 is 13.9 Å². The summed E-state index contributed by atoms with van der Waals surface area (Å²) in [6.07, 6.45) is 0.164. The Labute approximate surface area is 119 Å². The molecule has 2 nitrogen and oxygen atoms in total. The lowest BCUT2D eigenvalue weighted by Crippen LogP contribution is -2.07. The quantitative estimate of drug-likeness (QED) is 0.795. The van der Waals surface area contributed by atoms with Gasteiger partial charge >= 0.3 is 0 Å². The first-order valence-corrected chi connectivity index (χ1v) is 6.51. The highest BCUT2D eigenvalue weighted by Crippen LogP contribution is 2.21. The summed E-state index contributed by atoms with van der Waals surface area (Å²) in [6.45, 7) is 0. The summed E-state index contributed by atoms with van der Waals surface area (Å²) in [5.74, 6) is -0.785. The minimum absolute atomic E-state index is 0.0577. The Bertz CT molecular complexity index is 594. The van der Waals surface area contributed by atoms with E-state index >= 15 is 0 Å². The van der Waals surface area contributed by atoms with Crippen molar-refractivity contribution in [2.45, 2.75) is 6.42 Å². The molecule has 0 spiro atoms. The van der Waals surface area contributed by atoms with Gasteiger partial charge in [0.2, 0.25) is 0 Å². The molecule has 0 fully saturated rings. The van der Waals surface area contributed by atoms with Crippen molar-refractivity contribution in [3.63, 3.8) is 0 Å². The van der Waals surface area contributed by atoms with Crippen LogP contribution < -0.4 is 4.74 Å². The highest BCUT2D eigenvalue weighted by molar-refractivity contribution is 9.10. The second kappa shape index (κ2) is 5.97. The normalized spacial score (nSPS) is 10.3.